The molecular weight excluding hydrogens is 211 g/mol. The van der Waals surface area contributed by atoms with Crippen LogP contribution in [0.5, 0.6) is 0 Å². The van der Waals surface area contributed by atoms with Crippen molar-refractivity contribution in [3.8, 4) is 0 Å². The van der Waals surface area contributed by atoms with Gasteiger partial charge >= 0.3 is 12.1 Å². The van der Waals surface area contributed by atoms with E-state index in [4.69, 9.17) is 5.73 Å². The van der Waals surface area contributed by atoms with Gasteiger partial charge in [-0.05, 0) is 12.1 Å². The van der Waals surface area contributed by atoms with Crippen LogP contribution in [-0.4, -0.2) is 13.1 Å². The largest absolute Gasteiger partial charge is 0.465 e. The number of esters is 1. The first-order valence-corrected chi connectivity index (χ1v) is 3.92. The van der Waals surface area contributed by atoms with E-state index < -0.39 is 23.4 Å². The van der Waals surface area contributed by atoms with Crippen LogP contribution in [-0.2, 0) is 10.9 Å². The normalized spacial score (nSPS) is 11.2. The van der Waals surface area contributed by atoms with Gasteiger partial charge in [0.2, 0.25) is 0 Å². The first kappa shape index (κ1) is 11.4. The van der Waals surface area contributed by atoms with Gasteiger partial charge in [-0.25, -0.2) is 4.79 Å². The molecule has 0 saturated heterocycles. The number of nitrogen functional groups attached to an aromatic ring is 1. The van der Waals surface area contributed by atoms with Crippen LogP contribution in [0.1, 0.15) is 15.9 Å². The highest BCUT2D eigenvalue weighted by Gasteiger charge is 2.34. The Morgan fingerprint density at radius 2 is 2.00 bits per heavy atom. The average Bonchev–Trinajstić information content (AvgIpc) is 2.15. The Bertz CT molecular complexity index is 387. The van der Waals surface area contributed by atoms with Crippen molar-refractivity contribution in [2.24, 2.45) is 0 Å². The third kappa shape index (κ3) is 2.20. The number of methoxy groups -OCH3 is 1. The highest BCUT2D eigenvalue weighted by Crippen LogP contribution is 2.34. The first-order valence-electron chi connectivity index (χ1n) is 3.92. The van der Waals surface area contributed by atoms with Crippen molar-refractivity contribution in [2.75, 3.05) is 12.8 Å². The van der Waals surface area contributed by atoms with E-state index in [1.807, 2.05) is 0 Å². The monoisotopic (exact) mass is 219 g/mol. The molecule has 0 aliphatic rings. The van der Waals surface area contributed by atoms with Crippen LogP contribution in [0.25, 0.3) is 0 Å². The van der Waals surface area contributed by atoms with E-state index in [2.05, 4.69) is 4.74 Å². The number of para-hydroxylation sites is 1. The van der Waals surface area contributed by atoms with E-state index in [0.29, 0.717) is 0 Å². The van der Waals surface area contributed by atoms with Gasteiger partial charge in [-0.2, -0.15) is 13.2 Å². The maximum absolute atomic E-state index is 12.4. The SMILES string of the molecule is COC(=O)c1cccc(C(F)(F)F)c1N. The fourth-order valence-corrected chi connectivity index (χ4v) is 1.10. The molecule has 3 nitrogen and oxygen atoms in total. The second-order valence-corrected chi connectivity index (χ2v) is 2.76. The number of halogens is 3. The number of benzene rings is 1. The third-order valence-corrected chi connectivity index (χ3v) is 1.82. The molecular formula is C9H8F3NO2. The summed E-state index contributed by atoms with van der Waals surface area (Å²) in [5, 5.41) is 0. The Morgan fingerprint density at radius 1 is 1.40 bits per heavy atom. The minimum atomic E-state index is -4.58. The van der Waals surface area contributed by atoms with Gasteiger partial charge in [-0.15, -0.1) is 0 Å². The lowest BCUT2D eigenvalue weighted by molar-refractivity contribution is -0.136. The molecule has 82 valence electrons. The molecule has 0 atom stereocenters. The summed E-state index contributed by atoms with van der Waals surface area (Å²) in [4.78, 5) is 11.0. The van der Waals surface area contributed by atoms with Crippen molar-refractivity contribution in [3.63, 3.8) is 0 Å². The van der Waals surface area contributed by atoms with E-state index in [1.54, 1.807) is 0 Å². The highest BCUT2D eigenvalue weighted by atomic mass is 19.4. The van der Waals surface area contributed by atoms with Crippen molar-refractivity contribution < 1.29 is 22.7 Å². The molecule has 15 heavy (non-hydrogen) atoms. The van der Waals surface area contributed by atoms with Crippen molar-refractivity contribution in [1.29, 1.82) is 0 Å². The van der Waals surface area contributed by atoms with Crippen LogP contribution in [0.4, 0.5) is 18.9 Å². The third-order valence-electron chi connectivity index (χ3n) is 1.82. The van der Waals surface area contributed by atoms with Crippen LogP contribution in [0.2, 0.25) is 0 Å². The Hall–Kier alpha value is -1.72. The summed E-state index contributed by atoms with van der Waals surface area (Å²) >= 11 is 0. The van der Waals surface area contributed by atoms with Gasteiger partial charge in [-0.3, -0.25) is 0 Å². The maximum atomic E-state index is 12.4. The second kappa shape index (κ2) is 3.80. The van der Waals surface area contributed by atoms with Crippen LogP contribution in [0.3, 0.4) is 0 Å². The maximum Gasteiger partial charge on any atom is 0.418 e. The molecule has 0 fully saturated rings. The van der Waals surface area contributed by atoms with Crippen LogP contribution in [0, 0.1) is 0 Å². The zero-order valence-corrected chi connectivity index (χ0v) is 7.76. The minimum Gasteiger partial charge on any atom is -0.465 e. The zero-order chi connectivity index (χ0) is 11.6. The summed E-state index contributed by atoms with van der Waals surface area (Å²) in [6.45, 7) is 0. The van der Waals surface area contributed by atoms with Crippen molar-refractivity contribution >= 4 is 11.7 Å². The van der Waals surface area contributed by atoms with Gasteiger partial charge in [0.25, 0.3) is 0 Å². The first-order chi connectivity index (χ1) is 6.88. The summed E-state index contributed by atoms with van der Waals surface area (Å²) in [6.07, 6.45) is -4.58. The summed E-state index contributed by atoms with van der Waals surface area (Å²) < 4.78 is 41.4. The predicted octanol–water partition coefficient (Wildman–Crippen LogP) is 2.07. The van der Waals surface area contributed by atoms with Gasteiger partial charge < -0.3 is 10.5 Å². The van der Waals surface area contributed by atoms with Gasteiger partial charge in [-0.1, -0.05) is 6.07 Å². The van der Waals surface area contributed by atoms with Crippen molar-refractivity contribution in [2.45, 2.75) is 6.18 Å². The quantitative estimate of drug-likeness (QED) is 0.581. The molecule has 0 unspecified atom stereocenters. The van der Waals surface area contributed by atoms with E-state index >= 15 is 0 Å². The minimum absolute atomic E-state index is 0.285. The average molecular weight is 219 g/mol. The number of carbonyl (C=O) groups is 1. The number of nitrogens with two attached hydrogens (primary N) is 1. The molecule has 2 N–H and O–H groups in total. The van der Waals surface area contributed by atoms with Gasteiger partial charge in [0, 0.05) is 0 Å². The molecule has 0 aliphatic carbocycles. The topological polar surface area (TPSA) is 52.3 Å². The number of alkyl halides is 3. The number of carbonyl (C=O) groups excluding carboxylic acids is 1. The van der Waals surface area contributed by atoms with E-state index in [-0.39, 0.29) is 5.56 Å². The smallest absolute Gasteiger partial charge is 0.418 e. The lowest BCUT2D eigenvalue weighted by Crippen LogP contribution is -2.13. The Balaban J connectivity index is 3.30. The van der Waals surface area contributed by atoms with E-state index in [0.717, 1.165) is 19.2 Å². The molecule has 0 spiro atoms. The molecule has 6 heteroatoms. The molecule has 0 saturated carbocycles. The lowest BCUT2D eigenvalue weighted by Gasteiger charge is -2.11. The Morgan fingerprint density at radius 3 is 2.47 bits per heavy atom. The van der Waals surface area contributed by atoms with Crippen molar-refractivity contribution in [3.05, 3.63) is 29.3 Å². The van der Waals surface area contributed by atoms with Gasteiger partial charge in [0.05, 0.1) is 23.9 Å². The van der Waals surface area contributed by atoms with Crippen LogP contribution in [0.15, 0.2) is 18.2 Å². The lowest BCUT2D eigenvalue weighted by atomic mass is 10.1. The summed E-state index contributed by atoms with van der Waals surface area (Å²) in [5.41, 5.74) is 3.29. The summed E-state index contributed by atoms with van der Waals surface area (Å²) in [5.74, 6) is -0.890. The highest BCUT2D eigenvalue weighted by molar-refractivity contribution is 5.95. The second-order valence-electron chi connectivity index (χ2n) is 2.76. The Kier molecular flexibility index (Phi) is 2.88. The fourth-order valence-electron chi connectivity index (χ4n) is 1.10. The van der Waals surface area contributed by atoms with E-state index in [9.17, 15) is 18.0 Å². The number of anilines is 1. The molecule has 0 aliphatic heterocycles. The van der Waals surface area contributed by atoms with Gasteiger partial charge in [0.15, 0.2) is 0 Å². The molecule has 0 bridgehead atoms. The van der Waals surface area contributed by atoms with E-state index in [1.165, 1.54) is 6.07 Å². The molecule has 0 aromatic heterocycles. The number of hydrogen-bond donors (Lipinski definition) is 1. The number of hydrogen-bond acceptors (Lipinski definition) is 3. The molecule has 0 heterocycles. The zero-order valence-electron chi connectivity index (χ0n) is 7.76. The molecule has 0 radical (unpaired) electrons. The van der Waals surface area contributed by atoms with Crippen LogP contribution < -0.4 is 5.73 Å². The summed E-state index contributed by atoms with van der Waals surface area (Å²) in [7, 11) is 1.07. The molecule has 0 amide bonds. The predicted molar refractivity (Wildman–Crippen MR) is 47.2 cm³/mol. The van der Waals surface area contributed by atoms with Gasteiger partial charge in [0.1, 0.15) is 0 Å². The number of ether oxygens (including phenoxy) is 1. The standard InChI is InChI=1S/C9H8F3NO2/c1-15-8(14)5-3-2-4-6(7(5)13)9(10,11)12/h2-4H,13H2,1H3. The Labute approximate surface area is 83.6 Å². The fraction of sp³-hybridized carbons (Fsp3) is 0.222. The molecule has 1 aromatic rings. The van der Waals surface area contributed by atoms with Crippen LogP contribution >= 0.6 is 0 Å². The molecule has 1 rings (SSSR count). The number of rotatable bonds is 1. The van der Waals surface area contributed by atoms with Crippen molar-refractivity contribution in [1.82, 2.24) is 0 Å². The molecule has 1 aromatic carbocycles. The summed E-state index contributed by atoms with van der Waals surface area (Å²) in [6, 6.07) is 3.09.